The summed E-state index contributed by atoms with van der Waals surface area (Å²) in [4.78, 5) is 0. The minimum absolute atomic E-state index is 1.42. The summed E-state index contributed by atoms with van der Waals surface area (Å²) in [5.41, 5.74) is 0. The SMILES string of the molecule is O=[SH2]=O.c1ccccc1. The van der Waals surface area contributed by atoms with Crippen molar-refractivity contribution in [2.24, 2.45) is 0 Å². The lowest BCUT2D eigenvalue weighted by molar-refractivity contribution is 0.630. The molecule has 0 fully saturated rings. The van der Waals surface area contributed by atoms with Crippen LogP contribution in [0.3, 0.4) is 0 Å². The number of rotatable bonds is 0. The molecule has 3 heteroatoms. The van der Waals surface area contributed by atoms with E-state index in [-0.39, 0.29) is 0 Å². The van der Waals surface area contributed by atoms with Gasteiger partial charge in [0.15, 0.2) is 0 Å². The Labute approximate surface area is 57.1 Å². The Balaban J connectivity index is 0.000000187. The molecule has 0 bridgehead atoms. The average molecular weight is 144 g/mol. The zero-order valence-corrected chi connectivity index (χ0v) is 5.78. The van der Waals surface area contributed by atoms with Gasteiger partial charge in [-0.2, -0.15) is 0 Å². The van der Waals surface area contributed by atoms with E-state index < -0.39 is 11.6 Å². The van der Waals surface area contributed by atoms with Crippen LogP contribution in [0.1, 0.15) is 0 Å². The molecule has 0 atom stereocenters. The zero-order valence-electron chi connectivity index (χ0n) is 4.78. The summed E-state index contributed by atoms with van der Waals surface area (Å²) < 4.78 is 16.8. The molecule has 0 amide bonds. The lowest BCUT2D eigenvalue weighted by Gasteiger charge is -1.69. The smallest absolute Gasteiger partial charge is 0.129 e. The second-order valence-corrected chi connectivity index (χ2v) is 1.40. The van der Waals surface area contributed by atoms with Gasteiger partial charge in [0.1, 0.15) is 11.6 Å². The predicted molar refractivity (Wildman–Crippen MR) is 38.2 cm³/mol. The predicted octanol–water partition coefficient (Wildman–Crippen LogP) is 0.481. The molecule has 9 heavy (non-hydrogen) atoms. The van der Waals surface area contributed by atoms with E-state index in [1.807, 2.05) is 36.4 Å². The van der Waals surface area contributed by atoms with E-state index in [4.69, 9.17) is 8.42 Å². The van der Waals surface area contributed by atoms with Crippen molar-refractivity contribution in [1.82, 2.24) is 0 Å². The molecule has 0 N–H and O–H groups in total. The van der Waals surface area contributed by atoms with Gasteiger partial charge in [-0.3, -0.25) is 0 Å². The fourth-order valence-electron chi connectivity index (χ4n) is 0.385. The van der Waals surface area contributed by atoms with Gasteiger partial charge in [0.25, 0.3) is 0 Å². The monoisotopic (exact) mass is 144 g/mol. The van der Waals surface area contributed by atoms with Crippen molar-refractivity contribution in [3.63, 3.8) is 0 Å². The van der Waals surface area contributed by atoms with Gasteiger partial charge >= 0.3 is 0 Å². The third kappa shape index (κ3) is 7.17. The van der Waals surface area contributed by atoms with E-state index in [1.165, 1.54) is 0 Å². The molecule has 1 aromatic carbocycles. The summed E-state index contributed by atoms with van der Waals surface area (Å²) in [5, 5.41) is 0. The molecule has 0 aromatic heterocycles. The van der Waals surface area contributed by atoms with Gasteiger partial charge in [0, 0.05) is 0 Å². The highest BCUT2D eigenvalue weighted by molar-refractivity contribution is 7.51. The Morgan fingerprint density at radius 2 is 0.778 bits per heavy atom. The molecule has 0 saturated heterocycles. The fourth-order valence-corrected chi connectivity index (χ4v) is 0.385. The third-order valence-corrected chi connectivity index (χ3v) is 0.667. The molecule has 50 valence electrons. The van der Waals surface area contributed by atoms with E-state index in [1.54, 1.807) is 0 Å². The lowest BCUT2D eigenvalue weighted by atomic mass is 10.4. The zero-order chi connectivity index (χ0) is 6.95. The Morgan fingerprint density at radius 3 is 0.889 bits per heavy atom. The van der Waals surface area contributed by atoms with Crippen LogP contribution in [0.5, 0.6) is 0 Å². The number of benzene rings is 1. The van der Waals surface area contributed by atoms with Gasteiger partial charge in [-0.15, -0.1) is 0 Å². The van der Waals surface area contributed by atoms with Crippen LogP contribution in [-0.2, 0) is 11.6 Å². The van der Waals surface area contributed by atoms with Crippen molar-refractivity contribution in [3.05, 3.63) is 36.4 Å². The molecule has 0 unspecified atom stereocenters. The van der Waals surface area contributed by atoms with Gasteiger partial charge in [0.05, 0.1) is 0 Å². The second kappa shape index (κ2) is 7.17. The molecule has 2 nitrogen and oxygen atoms in total. The fraction of sp³-hybridized carbons (Fsp3) is 0. The topological polar surface area (TPSA) is 34.1 Å². The first-order chi connectivity index (χ1) is 4.41. The standard InChI is InChI=1S/C6H6.H2O2S/c1-2-4-6-5-3-1;1-3-2/h1-6H;3H2. The summed E-state index contributed by atoms with van der Waals surface area (Å²) in [6, 6.07) is 12.0. The third-order valence-electron chi connectivity index (χ3n) is 0.667. The van der Waals surface area contributed by atoms with Crippen LogP contribution >= 0.6 is 0 Å². The summed E-state index contributed by atoms with van der Waals surface area (Å²) >= 11 is -1.42. The minimum atomic E-state index is -1.42. The highest BCUT2D eigenvalue weighted by Crippen LogP contribution is 1.79. The minimum Gasteiger partial charge on any atom is -0.235 e. The Kier molecular flexibility index (Phi) is 6.51. The quantitative estimate of drug-likeness (QED) is 0.530. The molecule has 0 heterocycles. The van der Waals surface area contributed by atoms with Crippen molar-refractivity contribution in [1.29, 1.82) is 0 Å². The van der Waals surface area contributed by atoms with E-state index >= 15 is 0 Å². The average Bonchev–Trinajstić information content (AvgIpc) is 1.93. The van der Waals surface area contributed by atoms with Crippen LogP contribution in [0.25, 0.3) is 0 Å². The number of hydrogen-bond donors (Lipinski definition) is 0. The van der Waals surface area contributed by atoms with Crippen molar-refractivity contribution >= 4 is 11.6 Å². The lowest BCUT2D eigenvalue weighted by Crippen LogP contribution is -1.47. The molecule has 0 spiro atoms. The molecule has 0 aliphatic carbocycles. The van der Waals surface area contributed by atoms with Gasteiger partial charge in [-0.25, -0.2) is 8.42 Å². The first kappa shape index (κ1) is 8.17. The van der Waals surface area contributed by atoms with Gasteiger partial charge < -0.3 is 0 Å². The molecule has 0 aliphatic rings. The van der Waals surface area contributed by atoms with Crippen LogP contribution in [0.2, 0.25) is 0 Å². The summed E-state index contributed by atoms with van der Waals surface area (Å²) in [7, 11) is 0. The highest BCUT2D eigenvalue weighted by Gasteiger charge is 1.57. The van der Waals surface area contributed by atoms with Crippen molar-refractivity contribution in [2.45, 2.75) is 0 Å². The van der Waals surface area contributed by atoms with Crippen molar-refractivity contribution in [3.8, 4) is 0 Å². The van der Waals surface area contributed by atoms with Crippen molar-refractivity contribution < 1.29 is 8.42 Å². The number of hydrogen-bond acceptors (Lipinski definition) is 2. The van der Waals surface area contributed by atoms with E-state index in [9.17, 15) is 0 Å². The van der Waals surface area contributed by atoms with Crippen LogP contribution in [0, 0.1) is 0 Å². The van der Waals surface area contributed by atoms with Gasteiger partial charge in [-0.05, 0) is 0 Å². The Hall–Kier alpha value is -0.830. The molecule has 0 radical (unpaired) electrons. The normalized spacial score (nSPS) is 7.11. The van der Waals surface area contributed by atoms with Crippen LogP contribution in [0.15, 0.2) is 36.4 Å². The summed E-state index contributed by atoms with van der Waals surface area (Å²) in [5.74, 6) is 0. The maximum Gasteiger partial charge on any atom is 0.129 e. The largest absolute Gasteiger partial charge is 0.235 e. The van der Waals surface area contributed by atoms with Gasteiger partial charge in [-0.1, -0.05) is 36.4 Å². The molecule has 0 aliphatic heterocycles. The van der Waals surface area contributed by atoms with Crippen LogP contribution in [0.4, 0.5) is 0 Å². The first-order valence-corrected chi connectivity index (χ1v) is 3.22. The van der Waals surface area contributed by atoms with E-state index in [0.717, 1.165) is 0 Å². The second-order valence-electron chi connectivity index (χ2n) is 1.24. The summed E-state index contributed by atoms with van der Waals surface area (Å²) in [6.07, 6.45) is 0. The first-order valence-electron chi connectivity index (χ1n) is 2.41. The molecular formula is C6H8O2S. The molecule has 1 rings (SSSR count). The molecule has 0 saturated carbocycles. The van der Waals surface area contributed by atoms with Crippen LogP contribution in [-0.4, -0.2) is 8.42 Å². The van der Waals surface area contributed by atoms with E-state index in [2.05, 4.69) is 0 Å². The van der Waals surface area contributed by atoms with Gasteiger partial charge in [0.2, 0.25) is 0 Å². The molecule has 1 aromatic rings. The van der Waals surface area contributed by atoms with Crippen molar-refractivity contribution in [2.75, 3.05) is 0 Å². The van der Waals surface area contributed by atoms with Crippen LogP contribution < -0.4 is 0 Å². The molecular weight excluding hydrogens is 136 g/mol. The Bertz CT molecular complexity index is 141. The highest BCUT2D eigenvalue weighted by atomic mass is 32.1. The maximum absolute atomic E-state index is 8.40. The summed E-state index contributed by atoms with van der Waals surface area (Å²) in [6.45, 7) is 0. The Morgan fingerprint density at radius 1 is 0.667 bits per heavy atom. The van der Waals surface area contributed by atoms with E-state index in [0.29, 0.717) is 0 Å². The maximum atomic E-state index is 8.40.